The van der Waals surface area contributed by atoms with Crippen molar-refractivity contribution in [2.45, 2.75) is 137 Å². The number of hydrazine groups is 2. The van der Waals surface area contributed by atoms with Gasteiger partial charge in [-0.2, -0.15) is 10.1 Å². The minimum absolute atomic E-state index is 0.00463. The Labute approximate surface area is 335 Å². The van der Waals surface area contributed by atoms with Crippen molar-refractivity contribution < 1.29 is 39.2 Å². The summed E-state index contributed by atoms with van der Waals surface area (Å²) in [4.78, 5) is 70.6. The molecule has 4 aliphatic heterocycles. The van der Waals surface area contributed by atoms with E-state index < -0.39 is 23.7 Å². The minimum atomic E-state index is -0.475. The topological polar surface area (TPSA) is 208 Å². The van der Waals surface area contributed by atoms with E-state index in [2.05, 4.69) is 13.2 Å². The number of hydrogen-bond donors (Lipinski definition) is 4. The molecule has 320 valence electrons. The summed E-state index contributed by atoms with van der Waals surface area (Å²) in [5, 5.41) is 21.6. The number of allylic oxidation sites excluding steroid dienone is 2. The third kappa shape index (κ3) is 11.3. The van der Waals surface area contributed by atoms with E-state index >= 15 is 0 Å². The van der Waals surface area contributed by atoms with Crippen molar-refractivity contribution in [3.05, 3.63) is 24.6 Å². The molecule has 6 atom stereocenters. The molecule has 4 fully saturated rings. The predicted molar refractivity (Wildman–Crippen MR) is 215 cm³/mol. The average molecular weight is 791 g/mol. The van der Waals surface area contributed by atoms with Gasteiger partial charge < -0.3 is 0 Å². The first kappa shape index (κ1) is 50.6. The number of hydrogen-bond acceptors (Lipinski definition) is 10. The maximum atomic E-state index is 12.0. The molecule has 0 bridgehead atoms. The van der Waals surface area contributed by atoms with E-state index in [0.29, 0.717) is 28.7 Å². The van der Waals surface area contributed by atoms with E-state index in [1.54, 1.807) is 0 Å². The zero-order valence-corrected chi connectivity index (χ0v) is 37.6. The highest BCUT2D eigenvalue weighted by Crippen LogP contribution is 2.48. The number of rotatable bonds is 0. The van der Waals surface area contributed by atoms with Crippen LogP contribution < -0.4 is 11.7 Å². The fourth-order valence-corrected chi connectivity index (χ4v) is 7.64. The van der Waals surface area contributed by atoms with Gasteiger partial charge in [0.25, 0.3) is 17.7 Å². The van der Waals surface area contributed by atoms with Gasteiger partial charge in [-0.25, -0.2) is 16.7 Å². The Bertz CT molecular complexity index is 1380. The van der Waals surface area contributed by atoms with Gasteiger partial charge in [-0.05, 0) is 32.5 Å². The quantitative estimate of drug-likeness (QED) is 0.0886. The summed E-state index contributed by atoms with van der Waals surface area (Å²) in [6.45, 7) is 42.8. The van der Waals surface area contributed by atoms with Crippen LogP contribution in [0.5, 0.6) is 0 Å². The van der Waals surface area contributed by atoms with E-state index in [1.165, 1.54) is 5.01 Å². The number of carbonyl (C=O) groups excluding carboxylic acids is 6. The Hall–Kier alpha value is -3.46. The molecule has 56 heavy (non-hydrogen) atoms. The second-order valence-electron chi connectivity index (χ2n) is 22.1. The lowest BCUT2D eigenvalue weighted by molar-refractivity contribution is -0.174. The highest BCUT2D eigenvalue weighted by Gasteiger charge is 2.57. The molecule has 4 saturated heterocycles. The van der Waals surface area contributed by atoms with Gasteiger partial charge in [0.05, 0.1) is 35.5 Å². The van der Waals surface area contributed by atoms with E-state index in [0.717, 1.165) is 10.7 Å². The van der Waals surface area contributed by atoms with Gasteiger partial charge in [0.2, 0.25) is 17.7 Å². The van der Waals surface area contributed by atoms with Gasteiger partial charge in [-0.3, -0.25) is 44.2 Å². The molecule has 14 heteroatoms. The van der Waals surface area contributed by atoms with Crippen LogP contribution >= 0.6 is 0 Å². The number of nitrogens with two attached hydrogens (primary N) is 2. The second-order valence-corrected chi connectivity index (χ2v) is 22.1. The summed E-state index contributed by atoms with van der Waals surface area (Å²) in [6.07, 6.45) is 1.26. The molecule has 0 saturated carbocycles. The molecule has 6 N–H and O–H groups in total. The third-order valence-electron chi connectivity index (χ3n) is 11.0. The number of hydroxylamine groups is 4. The minimum Gasteiger partial charge on any atom is -0.281 e. The van der Waals surface area contributed by atoms with E-state index in [9.17, 15) is 39.2 Å². The molecule has 4 heterocycles. The lowest BCUT2D eigenvalue weighted by Gasteiger charge is -2.35. The van der Waals surface area contributed by atoms with Crippen molar-refractivity contribution in [3.8, 4) is 0 Å². The molecule has 0 aliphatic carbocycles. The maximum absolute atomic E-state index is 12.0. The second kappa shape index (κ2) is 16.8. The summed E-state index contributed by atoms with van der Waals surface area (Å²) in [5.74, 6) is 7.63. The van der Waals surface area contributed by atoms with Crippen LogP contribution in [0.2, 0.25) is 0 Å². The van der Waals surface area contributed by atoms with E-state index in [-0.39, 0.29) is 79.8 Å². The van der Waals surface area contributed by atoms with Crippen molar-refractivity contribution >= 4 is 35.4 Å². The van der Waals surface area contributed by atoms with Crippen LogP contribution in [-0.2, 0) is 28.8 Å². The number of nitrogens with zero attached hydrogens (tertiary/aromatic N) is 4. The molecule has 0 aromatic rings. The lowest BCUT2D eigenvalue weighted by atomic mass is 9.65. The van der Waals surface area contributed by atoms with Gasteiger partial charge >= 0.3 is 0 Å². The van der Waals surface area contributed by atoms with Crippen molar-refractivity contribution in [1.82, 2.24) is 20.1 Å². The first-order chi connectivity index (χ1) is 24.6. The Kier molecular flexibility index (Phi) is 15.2. The summed E-state index contributed by atoms with van der Waals surface area (Å²) < 4.78 is 0. The fraction of sp³-hybridized carbons (Fsp3) is 0.762. The van der Waals surface area contributed by atoms with Crippen LogP contribution in [0.25, 0.3) is 0 Å². The normalized spacial score (nSPS) is 26.8. The summed E-state index contributed by atoms with van der Waals surface area (Å²) in [6, 6.07) is 0. The Morgan fingerprint density at radius 3 is 0.857 bits per heavy atom. The SMILES string of the molecule is C=C1CC(C(C)(C)C)C(=O)N1N.C=C1CC(C(C)(C)C)C(=O)N1O.CC(C)(C)C1C(=O)N(N)C(=O)C1C(C)(C)C.CC(C)(C)C1C(=O)N(O)C(=O)C1C(C)(C)C. The number of imide groups is 2. The summed E-state index contributed by atoms with van der Waals surface area (Å²) in [5.41, 5.74) is -0.0620. The highest BCUT2D eigenvalue weighted by molar-refractivity contribution is 6.05. The van der Waals surface area contributed by atoms with E-state index in [4.69, 9.17) is 11.7 Å². The number of amides is 6. The van der Waals surface area contributed by atoms with Gasteiger partial charge in [-0.1, -0.05) is 138 Å². The van der Waals surface area contributed by atoms with Gasteiger partial charge in [0.15, 0.2) is 0 Å². The van der Waals surface area contributed by atoms with Gasteiger partial charge in [0, 0.05) is 24.2 Å². The number of carbonyl (C=O) groups is 6. The van der Waals surface area contributed by atoms with Crippen molar-refractivity contribution in [3.63, 3.8) is 0 Å². The van der Waals surface area contributed by atoms with Gasteiger partial charge in [-0.15, -0.1) is 0 Å². The van der Waals surface area contributed by atoms with Crippen molar-refractivity contribution in [1.29, 1.82) is 0 Å². The molecule has 14 nitrogen and oxygen atoms in total. The zero-order chi connectivity index (χ0) is 44.8. The smallest absolute Gasteiger partial charge is 0.257 e. The molecule has 6 amide bonds. The van der Waals surface area contributed by atoms with Crippen LogP contribution in [0.4, 0.5) is 0 Å². The van der Waals surface area contributed by atoms with Gasteiger partial charge in [0.1, 0.15) is 0 Å². The molecule has 0 spiro atoms. The largest absolute Gasteiger partial charge is 0.281 e. The van der Waals surface area contributed by atoms with Crippen LogP contribution in [0.3, 0.4) is 0 Å². The third-order valence-corrected chi connectivity index (χ3v) is 11.0. The van der Waals surface area contributed by atoms with Crippen molar-refractivity contribution in [2.24, 2.45) is 79.7 Å². The molecular formula is C42H74N6O8. The standard InChI is InChI=1S/C12H22N2O2.C12H21NO3.C9H16N2O.C9H15NO2/c1-11(2,3)7-8(12(4,5)6)10(16)14(13)9(7)15;1-11(2,3)7-8(12(4,5)6)10(15)13(16)9(7)14;1-6-5-7(9(2,3)4)8(12)11(6)10;1-6-5-7(9(2,3)4)8(11)10(6)12/h7-8H,13H2,1-6H3;7-8,16H,1-6H3;7H,1,5,10H2,2-4H3;7,12H,1,5H2,2-4H3. The fourth-order valence-electron chi connectivity index (χ4n) is 7.64. The molecule has 4 rings (SSSR count). The van der Waals surface area contributed by atoms with Crippen LogP contribution in [0, 0.1) is 68.0 Å². The monoisotopic (exact) mass is 791 g/mol. The molecular weight excluding hydrogens is 716 g/mol. The Morgan fingerprint density at radius 2 is 0.679 bits per heavy atom. The van der Waals surface area contributed by atoms with Crippen molar-refractivity contribution in [2.75, 3.05) is 0 Å². The maximum Gasteiger partial charge on any atom is 0.257 e. The Morgan fingerprint density at radius 1 is 0.411 bits per heavy atom. The molecule has 4 aliphatic rings. The van der Waals surface area contributed by atoms with Crippen LogP contribution in [0.1, 0.15) is 137 Å². The first-order valence-electron chi connectivity index (χ1n) is 19.3. The van der Waals surface area contributed by atoms with Crippen LogP contribution in [-0.4, -0.2) is 66.0 Å². The zero-order valence-electron chi connectivity index (χ0n) is 37.6. The molecule has 0 aromatic heterocycles. The van der Waals surface area contributed by atoms with Crippen LogP contribution in [0.15, 0.2) is 24.6 Å². The lowest BCUT2D eigenvalue weighted by Crippen LogP contribution is -2.39. The average Bonchev–Trinajstić information content (AvgIpc) is 3.61. The Balaban J connectivity index is 0.000000377. The highest BCUT2D eigenvalue weighted by atomic mass is 16.5. The molecule has 0 aromatic carbocycles. The first-order valence-corrected chi connectivity index (χ1v) is 19.3. The summed E-state index contributed by atoms with van der Waals surface area (Å²) in [7, 11) is 0. The molecule has 0 radical (unpaired) electrons. The summed E-state index contributed by atoms with van der Waals surface area (Å²) >= 11 is 0. The predicted octanol–water partition coefficient (Wildman–Crippen LogP) is 6.67. The van der Waals surface area contributed by atoms with E-state index in [1.807, 2.05) is 125 Å². The molecule has 6 unspecified atom stereocenters.